The number of aryl methyl sites for hydroxylation is 2. The number of para-hydroxylation sites is 1. The van der Waals surface area contributed by atoms with Crippen molar-refractivity contribution in [1.82, 2.24) is 19.7 Å². The summed E-state index contributed by atoms with van der Waals surface area (Å²) in [6.45, 7) is 2.90. The third-order valence-corrected chi connectivity index (χ3v) is 7.21. The molecule has 0 unspecified atom stereocenters. The van der Waals surface area contributed by atoms with E-state index in [9.17, 15) is 22.4 Å². The maximum atomic E-state index is 14.5. The van der Waals surface area contributed by atoms with Crippen molar-refractivity contribution in [3.05, 3.63) is 64.7 Å². The van der Waals surface area contributed by atoms with Crippen molar-refractivity contribution >= 4 is 23.4 Å². The van der Waals surface area contributed by atoms with Gasteiger partial charge in [0.25, 0.3) is 0 Å². The average Bonchev–Trinajstić information content (AvgIpc) is 3.25. The summed E-state index contributed by atoms with van der Waals surface area (Å²) in [5, 5.41) is 7.15. The highest BCUT2D eigenvalue weighted by molar-refractivity contribution is 5.93. The summed E-state index contributed by atoms with van der Waals surface area (Å²) in [5.74, 6) is 0.324. The van der Waals surface area contributed by atoms with Gasteiger partial charge in [0.15, 0.2) is 5.82 Å². The topological polar surface area (TPSA) is 69.5 Å². The highest BCUT2D eigenvalue weighted by atomic mass is 19.4. The van der Waals surface area contributed by atoms with Crippen LogP contribution < -0.4 is 15.1 Å². The van der Waals surface area contributed by atoms with E-state index in [2.05, 4.69) is 15.4 Å². The number of urea groups is 1. The first-order valence-electron chi connectivity index (χ1n) is 12.4. The lowest BCUT2D eigenvalue weighted by molar-refractivity contribution is -0.138. The summed E-state index contributed by atoms with van der Waals surface area (Å²) in [6.07, 6.45) is -1.64. The van der Waals surface area contributed by atoms with Crippen molar-refractivity contribution in [2.45, 2.75) is 45.1 Å². The molecule has 2 aliphatic rings. The van der Waals surface area contributed by atoms with E-state index in [0.29, 0.717) is 44.0 Å². The standard InChI is InChI=1S/C26H29F4N7O/c1-16-5-4-6-20(27)23(16)35-11-9-18(10-12-35)36-14-17-13-34(3)33-24(17)37(25(36)38)15-21-19(26(28,29)30)7-8-22(31-2)32-21/h4-8,13,18H,9-12,14-15H2,1-3H3,(H,31,32). The molecule has 1 fully saturated rings. The number of benzene rings is 1. The van der Waals surface area contributed by atoms with Crippen molar-refractivity contribution in [3.63, 3.8) is 0 Å². The highest BCUT2D eigenvalue weighted by Gasteiger charge is 2.40. The molecule has 8 nitrogen and oxygen atoms in total. The molecule has 0 spiro atoms. The molecule has 38 heavy (non-hydrogen) atoms. The van der Waals surface area contributed by atoms with Crippen molar-refractivity contribution < 1.29 is 22.4 Å². The Hall–Kier alpha value is -3.83. The van der Waals surface area contributed by atoms with Crippen LogP contribution in [0.1, 0.15) is 35.2 Å². The Morgan fingerprint density at radius 1 is 1.13 bits per heavy atom. The van der Waals surface area contributed by atoms with E-state index in [-0.39, 0.29) is 29.9 Å². The van der Waals surface area contributed by atoms with Gasteiger partial charge in [-0.25, -0.2) is 14.2 Å². The van der Waals surface area contributed by atoms with Crippen LogP contribution in [0.2, 0.25) is 0 Å². The summed E-state index contributed by atoms with van der Waals surface area (Å²) in [5.41, 5.74) is 1.01. The molecular weight excluding hydrogens is 502 g/mol. The maximum Gasteiger partial charge on any atom is 0.418 e. The molecular formula is C26H29F4N7O. The van der Waals surface area contributed by atoms with Gasteiger partial charge in [-0.05, 0) is 43.5 Å². The lowest BCUT2D eigenvalue weighted by Gasteiger charge is -2.43. The predicted molar refractivity (Wildman–Crippen MR) is 135 cm³/mol. The zero-order valence-electron chi connectivity index (χ0n) is 21.4. The van der Waals surface area contributed by atoms with Gasteiger partial charge in [0, 0.05) is 45.0 Å². The molecule has 1 aromatic carbocycles. The molecule has 2 aromatic heterocycles. The second kappa shape index (κ2) is 9.80. The Morgan fingerprint density at radius 2 is 1.87 bits per heavy atom. The van der Waals surface area contributed by atoms with Crippen molar-refractivity contribution in [2.75, 3.05) is 35.3 Å². The fourth-order valence-electron chi connectivity index (χ4n) is 5.38. The summed E-state index contributed by atoms with van der Waals surface area (Å²) in [7, 11) is 3.28. The molecule has 2 amide bonds. The first-order chi connectivity index (χ1) is 18.1. The Morgan fingerprint density at radius 3 is 2.53 bits per heavy atom. The first kappa shape index (κ1) is 25.8. The molecule has 0 radical (unpaired) electrons. The molecule has 4 heterocycles. The van der Waals surface area contributed by atoms with Gasteiger partial charge in [0.05, 0.1) is 30.0 Å². The van der Waals surface area contributed by atoms with Crippen LogP contribution in [0.25, 0.3) is 0 Å². The molecule has 0 aliphatic carbocycles. The number of alkyl halides is 3. The number of carbonyl (C=O) groups is 1. The zero-order chi connectivity index (χ0) is 27.2. The molecule has 202 valence electrons. The average molecular weight is 532 g/mol. The summed E-state index contributed by atoms with van der Waals surface area (Å²) >= 11 is 0. The van der Waals surface area contributed by atoms with E-state index < -0.39 is 17.8 Å². The van der Waals surface area contributed by atoms with E-state index in [0.717, 1.165) is 17.2 Å². The molecule has 2 aliphatic heterocycles. The fraction of sp³-hybridized carbons (Fsp3) is 0.423. The zero-order valence-corrected chi connectivity index (χ0v) is 21.4. The minimum atomic E-state index is -4.63. The highest BCUT2D eigenvalue weighted by Crippen LogP contribution is 2.36. The number of hydrogen-bond acceptors (Lipinski definition) is 5. The number of aromatic nitrogens is 3. The number of fused-ring (bicyclic) bond motifs is 1. The number of amides is 2. The molecule has 1 saturated heterocycles. The van der Waals surface area contributed by atoms with E-state index in [4.69, 9.17) is 0 Å². The van der Waals surface area contributed by atoms with Gasteiger partial charge in [0.2, 0.25) is 0 Å². The van der Waals surface area contributed by atoms with Gasteiger partial charge in [0.1, 0.15) is 11.6 Å². The number of nitrogens with zero attached hydrogens (tertiary/aromatic N) is 6. The molecule has 12 heteroatoms. The molecule has 0 saturated carbocycles. The van der Waals surface area contributed by atoms with Crippen LogP contribution in [-0.4, -0.2) is 51.9 Å². The third-order valence-electron chi connectivity index (χ3n) is 7.21. The van der Waals surface area contributed by atoms with E-state index in [1.165, 1.54) is 17.0 Å². The van der Waals surface area contributed by atoms with Gasteiger partial charge in [-0.1, -0.05) is 12.1 Å². The Balaban J connectivity index is 1.42. The normalized spacial score (nSPS) is 16.7. The number of rotatable bonds is 5. The lowest BCUT2D eigenvalue weighted by atomic mass is 10.00. The lowest BCUT2D eigenvalue weighted by Crippen LogP contribution is -2.54. The number of pyridine rings is 1. The fourth-order valence-corrected chi connectivity index (χ4v) is 5.38. The number of hydrogen-bond donors (Lipinski definition) is 1. The molecule has 1 N–H and O–H groups in total. The number of anilines is 3. The van der Waals surface area contributed by atoms with Gasteiger partial charge in [-0.3, -0.25) is 9.58 Å². The molecule has 5 rings (SSSR count). The van der Waals surface area contributed by atoms with Crippen LogP contribution in [0.5, 0.6) is 0 Å². The second-order valence-electron chi connectivity index (χ2n) is 9.71. The Labute approximate surface area is 217 Å². The van der Waals surface area contributed by atoms with Crippen LogP contribution >= 0.6 is 0 Å². The van der Waals surface area contributed by atoms with Crippen molar-refractivity contribution in [3.8, 4) is 0 Å². The molecule has 0 bridgehead atoms. The monoisotopic (exact) mass is 531 g/mol. The number of piperidine rings is 1. The SMILES string of the molecule is CNc1ccc(C(F)(F)F)c(CN2C(=O)N(C3CCN(c4c(C)cccc4F)CC3)Cc3cn(C)nc32)n1. The Kier molecular flexibility index (Phi) is 6.66. The second-order valence-corrected chi connectivity index (χ2v) is 9.71. The van der Waals surface area contributed by atoms with Crippen LogP contribution in [0.15, 0.2) is 36.5 Å². The summed E-state index contributed by atoms with van der Waals surface area (Å²) in [4.78, 5) is 22.9. The van der Waals surface area contributed by atoms with E-state index in [1.54, 1.807) is 35.9 Å². The number of carbonyl (C=O) groups excluding carboxylic acids is 1. The van der Waals surface area contributed by atoms with Gasteiger partial charge >= 0.3 is 12.2 Å². The van der Waals surface area contributed by atoms with Crippen LogP contribution in [0.3, 0.4) is 0 Å². The quantitative estimate of drug-likeness (QED) is 0.473. The van der Waals surface area contributed by atoms with Crippen LogP contribution in [0, 0.1) is 12.7 Å². The van der Waals surface area contributed by atoms with Crippen molar-refractivity contribution in [1.29, 1.82) is 0 Å². The van der Waals surface area contributed by atoms with Crippen molar-refractivity contribution in [2.24, 2.45) is 7.05 Å². The van der Waals surface area contributed by atoms with Gasteiger partial charge in [-0.2, -0.15) is 18.3 Å². The third kappa shape index (κ3) is 4.74. The van der Waals surface area contributed by atoms with Gasteiger partial charge < -0.3 is 15.1 Å². The number of nitrogens with one attached hydrogen (secondary N) is 1. The van der Waals surface area contributed by atoms with Crippen LogP contribution in [-0.2, 0) is 26.3 Å². The van der Waals surface area contributed by atoms with E-state index in [1.807, 2.05) is 17.9 Å². The summed E-state index contributed by atoms with van der Waals surface area (Å²) < 4.78 is 57.5. The molecule has 0 atom stereocenters. The number of halogens is 4. The summed E-state index contributed by atoms with van der Waals surface area (Å²) in [6, 6.07) is 6.65. The predicted octanol–water partition coefficient (Wildman–Crippen LogP) is 4.93. The van der Waals surface area contributed by atoms with E-state index >= 15 is 0 Å². The molecule has 3 aromatic rings. The maximum absolute atomic E-state index is 14.5. The minimum Gasteiger partial charge on any atom is -0.373 e. The Bertz CT molecular complexity index is 1330. The van der Waals surface area contributed by atoms with Crippen LogP contribution in [0.4, 0.5) is 39.7 Å². The minimum absolute atomic E-state index is 0.152. The smallest absolute Gasteiger partial charge is 0.373 e. The van der Waals surface area contributed by atoms with Gasteiger partial charge in [-0.15, -0.1) is 0 Å². The largest absolute Gasteiger partial charge is 0.418 e. The first-order valence-corrected chi connectivity index (χ1v) is 12.4.